The minimum Gasteiger partial charge on any atom is -0.422 e. The number of fused-ring (bicyclic) bond motifs is 1. The molecule has 0 atom stereocenters. The summed E-state index contributed by atoms with van der Waals surface area (Å²) >= 11 is 6.10. The molecule has 28 heavy (non-hydrogen) atoms. The van der Waals surface area contributed by atoms with Crippen LogP contribution in [0, 0.1) is 0 Å². The molecule has 0 radical (unpaired) electrons. The maximum atomic E-state index is 12.6. The number of hydrogen-bond acceptors (Lipinski definition) is 4. The van der Waals surface area contributed by atoms with Crippen molar-refractivity contribution in [1.29, 1.82) is 0 Å². The molecule has 0 amide bonds. The lowest BCUT2D eigenvalue weighted by Gasteiger charge is -2.13. The molecule has 0 saturated carbocycles. The lowest BCUT2D eigenvalue weighted by Crippen LogP contribution is -2.24. The van der Waals surface area contributed by atoms with Crippen LogP contribution in [-0.2, 0) is 13.0 Å². The number of nitrogens with zero attached hydrogens (tertiary/aromatic N) is 2. The van der Waals surface area contributed by atoms with Crippen molar-refractivity contribution in [2.75, 3.05) is 0 Å². The minimum absolute atomic E-state index is 0.0749. The van der Waals surface area contributed by atoms with Gasteiger partial charge >= 0.3 is 5.97 Å². The molecule has 0 saturated heterocycles. The summed E-state index contributed by atoms with van der Waals surface area (Å²) in [7, 11) is 0. The standard InChI is InChI=1S/C22H19ClN2O3/c23-17-10-5-3-8-15(17)22(27)28-19-11-6-4-9-16(19)18-14-21(26)25-13-7-1-2-12-20(25)24-18/h3-6,8-11,14H,1-2,7,12-13H2. The Hall–Kier alpha value is -2.92. The number of carbonyl (C=O) groups excluding carboxylic acids is 1. The van der Waals surface area contributed by atoms with Gasteiger partial charge in [0, 0.05) is 24.6 Å². The van der Waals surface area contributed by atoms with Crippen molar-refractivity contribution >= 4 is 17.6 Å². The first-order valence-electron chi connectivity index (χ1n) is 9.30. The fourth-order valence-electron chi connectivity index (χ4n) is 3.40. The Bertz CT molecular complexity index is 1090. The molecule has 3 aromatic rings. The Morgan fingerprint density at radius 1 is 1.04 bits per heavy atom. The predicted octanol–water partition coefficient (Wildman–Crippen LogP) is 4.51. The highest BCUT2D eigenvalue weighted by Gasteiger charge is 2.18. The van der Waals surface area contributed by atoms with E-state index in [1.54, 1.807) is 47.0 Å². The average molecular weight is 395 g/mol. The predicted molar refractivity (Wildman–Crippen MR) is 108 cm³/mol. The van der Waals surface area contributed by atoms with Crippen molar-refractivity contribution in [3.63, 3.8) is 0 Å². The summed E-state index contributed by atoms with van der Waals surface area (Å²) in [5, 5.41) is 0.325. The van der Waals surface area contributed by atoms with E-state index >= 15 is 0 Å². The Morgan fingerprint density at radius 3 is 2.68 bits per heavy atom. The van der Waals surface area contributed by atoms with E-state index in [2.05, 4.69) is 0 Å². The van der Waals surface area contributed by atoms with Gasteiger partial charge in [-0.05, 0) is 37.1 Å². The smallest absolute Gasteiger partial charge is 0.345 e. The van der Waals surface area contributed by atoms with Gasteiger partial charge in [0.2, 0.25) is 0 Å². The second-order valence-corrected chi connectivity index (χ2v) is 7.13. The van der Waals surface area contributed by atoms with Gasteiger partial charge in [-0.1, -0.05) is 42.3 Å². The zero-order valence-electron chi connectivity index (χ0n) is 15.2. The van der Waals surface area contributed by atoms with Crippen molar-refractivity contribution in [2.45, 2.75) is 32.2 Å². The highest BCUT2D eigenvalue weighted by atomic mass is 35.5. The summed E-state index contributed by atoms with van der Waals surface area (Å²) in [5.74, 6) is 0.578. The number of aromatic nitrogens is 2. The summed E-state index contributed by atoms with van der Waals surface area (Å²) in [5.41, 5.74) is 1.33. The number of esters is 1. The third kappa shape index (κ3) is 3.71. The molecule has 0 unspecified atom stereocenters. The van der Waals surface area contributed by atoms with Gasteiger partial charge in [0.05, 0.1) is 16.3 Å². The third-order valence-electron chi connectivity index (χ3n) is 4.83. The molecule has 6 heteroatoms. The van der Waals surface area contributed by atoms with E-state index < -0.39 is 5.97 Å². The van der Waals surface area contributed by atoms with Gasteiger partial charge in [-0.15, -0.1) is 0 Å². The van der Waals surface area contributed by atoms with Crippen LogP contribution in [0.2, 0.25) is 5.02 Å². The quantitative estimate of drug-likeness (QED) is 0.484. The molecule has 0 fully saturated rings. The van der Waals surface area contributed by atoms with E-state index in [0.717, 1.165) is 31.5 Å². The first-order chi connectivity index (χ1) is 13.6. The van der Waals surface area contributed by atoms with Crippen molar-refractivity contribution in [3.8, 4) is 17.0 Å². The van der Waals surface area contributed by atoms with Gasteiger partial charge < -0.3 is 4.74 Å². The third-order valence-corrected chi connectivity index (χ3v) is 5.16. The molecule has 0 N–H and O–H groups in total. The van der Waals surface area contributed by atoms with Gasteiger partial charge in [0.1, 0.15) is 11.6 Å². The van der Waals surface area contributed by atoms with Crippen LogP contribution >= 0.6 is 11.6 Å². The molecule has 1 aromatic heterocycles. The Labute approximate surface area is 167 Å². The van der Waals surface area contributed by atoms with Gasteiger partial charge in [-0.3, -0.25) is 9.36 Å². The van der Waals surface area contributed by atoms with Crippen molar-refractivity contribution in [1.82, 2.24) is 9.55 Å². The van der Waals surface area contributed by atoms with Crippen LogP contribution in [0.3, 0.4) is 0 Å². The lowest BCUT2D eigenvalue weighted by atomic mass is 10.1. The number of carbonyl (C=O) groups is 1. The van der Waals surface area contributed by atoms with Crippen LogP contribution in [-0.4, -0.2) is 15.5 Å². The number of para-hydroxylation sites is 1. The molecule has 5 nitrogen and oxygen atoms in total. The fourth-order valence-corrected chi connectivity index (χ4v) is 3.61. The molecule has 2 heterocycles. The summed E-state index contributed by atoms with van der Waals surface area (Å²) in [4.78, 5) is 29.9. The van der Waals surface area contributed by atoms with Gasteiger partial charge in [0.25, 0.3) is 5.56 Å². The Balaban J connectivity index is 1.72. The second-order valence-electron chi connectivity index (χ2n) is 6.72. The molecule has 2 aromatic carbocycles. The van der Waals surface area contributed by atoms with Crippen LogP contribution in [0.25, 0.3) is 11.3 Å². The van der Waals surface area contributed by atoms with E-state index in [-0.39, 0.29) is 11.1 Å². The van der Waals surface area contributed by atoms with Crippen LogP contribution in [0.15, 0.2) is 59.4 Å². The average Bonchev–Trinajstić information content (AvgIpc) is 2.94. The van der Waals surface area contributed by atoms with E-state index in [0.29, 0.717) is 28.6 Å². The highest BCUT2D eigenvalue weighted by Crippen LogP contribution is 2.29. The number of ether oxygens (including phenoxy) is 1. The lowest BCUT2D eigenvalue weighted by molar-refractivity contribution is 0.0736. The van der Waals surface area contributed by atoms with Crippen LogP contribution < -0.4 is 10.3 Å². The van der Waals surface area contributed by atoms with E-state index in [1.165, 1.54) is 6.07 Å². The largest absolute Gasteiger partial charge is 0.422 e. The van der Waals surface area contributed by atoms with Gasteiger partial charge in [-0.2, -0.15) is 0 Å². The SMILES string of the molecule is O=C(Oc1ccccc1-c1cc(=O)n2c(n1)CCCCC2)c1ccccc1Cl. The first-order valence-corrected chi connectivity index (χ1v) is 9.68. The van der Waals surface area contributed by atoms with Gasteiger partial charge in [0.15, 0.2) is 0 Å². The fraction of sp³-hybridized carbons (Fsp3) is 0.227. The molecule has 0 bridgehead atoms. The Morgan fingerprint density at radius 2 is 1.82 bits per heavy atom. The van der Waals surface area contributed by atoms with Crippen molar-refractivity contribution < 1.29 is 9.53 Å². The van der Waals surface area contributed by atoms with Crippen molar-refractivity contribution in [2.24, 2.45) is 0 Å². The monoisotopic (exact) mass is 394 g/mol. The molecule has 4 rings (SSSR count). The van der Waals surface area contributed by atoms with Crippen molar-refractivity contribution in [3.05, 3.63) is 81.4 Å². The molecule has 0 spiro atoms. The summed E-state index contributed by atoms with van der Waals surface area (Å²) in [6.45, 7) is 0.699. The number of benzene rings is 2. The van der Waals surface area contributed by atoms with E-state index in [4.69, 9.17) is 21.3 Å². The zero-order valence-corrected chi connectivity index (χ0v) is 16.0. The molecule has 0 aliphatic carbocycles. The van der Waals surface area contributed by atoms with Crippen LogP contribution in [0.1, 0.15) is 35.4 Å². The number of halogens is 1. The highest BCUT2D eigenvalue weighted by molar-refractivity contribution is 6.33. The maximum absolute atomic E-state index is 12.6. The summed E-state index contributed by atoms with van der Waals surface area (Å²) in [6, 6.07) is 15.3. The molecule has 1 aliphatic rings. The Kier molecular flexibility index (Phi) is 5.26. The minimum atomic E-state index is -0.551. The van der Waals surface area contributed by atoms with E-state index in [9.17, 15) is 9.59 Å². The second kappa shape index (κ2) is 7.98. The molecular formula is C22H19ClN2O3. The van der Waals surface area contributed by atoms with Gasteiger partial charge in [-0.25, -0.2) is 9.78 Å². The summed E-state index contributed by atoms with van der Waals surface area (Å²) < 4.78 is 7.35. The summed E-state index contributed by atoms with van der Waals surface area (Å²) in [6.07, 6.45) is 3.85. The van der Waals surface area contributed by atoms with E-state index in [1.807, 2.05) is 6.07 Å². The normalized spacial score (nSPS) is 13.5. The molecule has 1 aliphatic heterocycles. The zero-order chi connectivity index (χ0) is 19.5. The number of rotatable bonds is 3. The van der Waals surface area contributed by atoms with Crippen LogP contribution in [0.5, 0.6) is 5.75 Å². The number of hydrogen-bond donors (Lipinski definition) is 0. The topological polar surface area (TPSA) is 61.2 Å². The number of aryl methyl sites for hydroxylation is 1. The first kappa shape index (κ1) is 18.4. The maximum Gasteiger partial charge on any atom is 0.345 e. The molecular weight excluding hydrogens is 376 g/mol. The van der Waals surface area contributed by atoms with Crippen LogP contribution in [0.4, 0.5) is 0 Å². The molecule has 142 valence electrons.